The molecular formula is C24H24FN5O2. The molecule has 2 heterocycles. The van der Waals surface area contributed by atoms with Crippen molar-refractivity contribution in [2.24, 2.45) is 0 Å². The molecule has 8 heteroatoms. The summed E-state index contributed by atoms with van der Waals surface area (Å²) in [4.78, 5) is 26.3. The number of nitriles is 1. The minimum atomic E-state index is -1.17. The molecule has 1 atom stereocenters. The highest BCUT2D eigenvalue weighted by Crippen LogP contribution is 2.29. The number of halogens is 1. The zero-order chi connectivity index (χ0) is 22.7. The van der Waals surface area contributed by atoms with E-state index in [1.165, 1.54) is 12.1 Å². The number of para-hydroxylation sites is 2. The number of rotatable bonds is 5. The molecule has 0 spiro atoms. The Kier molecular flexibility index (Phi) is 6.17. The lowest BCUT2D eigenvalue weighted by Crippen LogP contribution is -2.47. The summed E-state index contributed by atoms with van der Waals surface area (Å²) in [6.07, 6.45) is -0.338. The van der Waals surface area contributed by atoms with Gasteiger partial charge in [0.25, 0.3) is 0 Å². The van der Waals surface area contributed by atoms with Crippen molar-refractivity contribution >= 4 is 28.5 Å². The van der Waals surface area contributed by atoms with Gasteiger partial charge >= 0.3 is 5.97 Å². The van der Waals surface area contributed by atoms with Gasteiger partial charge in [-0.25, -0.2) is 14.4 Å². The predicted octanol–water partition coefficient (Wildman–Crippen LogP) is 3.65. The molecule has 3 aromatic rings. The molecule has 0 N–H and O–H groups in total. The largest absolute Gasteiger partial charge is 0.462 e. The van der Waals surface area contributed by atoms with Gasteiger partial charge in [0.15, 0.2) is 11.7 Å². The van der Waals surface area contributed by atoms with Gasteiger partial charge in [0.05, 0.1) is 23.2 Å². The Balaban J connectivity index is 1.65. The van der Waals surface area contributed by atoms with Crippen molar-refractivity contribution in [1.29, 1.82) is 5.26 Å². The number of carbonyl (C=O) groups excluding carboxylic acids is 1. The first kappa shape index (κ1) is 21.5. The average Bonchev–Trinajstić information content (AvgIpc) is 2.79. The Hall–Kier alpha value is -3.73. The summed E-state index contributed by atoms with van der Waals surface area (Å²) >= 11 is 0. The molecule has 1 saturated heterocycles. The van der Waals surface area contributed by atoms with Crippen molar-refractivity contribution in [1.82, 2.24) is 9.97 Å². The number of hydrogen-bond donors (Lipinski definition) is 0. The third kappa shape index (κ3) is 4.47. The Morgan fingerprint density at radius 3 is 2.19 bits per heavy atom. The lowest BCUT2D eigenvalue weighted by Gasteiger charge is -2.37. The number of nitrogens with zero attached hydrogens (tertiary/aromatic N) is 5. The molecule has 164 valence electrons. The zero-order valence-electron chi connectivity index (χ0n) is 18.0. The van der Waals surface area contributed by atoms with E-state index < -0.39 is 11.9 Å². The quantitative estimate of drug-likeness (QED) is 0.568. The molecule has 7 nitrogen and oxygen atoms in total. The molecule has 4 rings (SSSR count). The van der Waals surface area contributed by atoms with Crippen molar-refractivity contribution in [3.05, 3.63) is 60.0 Å². The van der Waals surface area contributed by atoms with Gasteiger partial charge in [0.1, 0.15) is 11.5 Å². The minimum absolute atomic E-state index is 0.265. The third-order valence-electron chi connectivity index (χ3n) is 5.34. The van der Waals surface area contributed by atoms with Gasteiger partial charge in [-0.1, -0.05) is 12.1 Å². The van der Waals surface area contributed by atoms with E-state index in [4.69, 9.17) is 9.72 Å². The lowest BCUT2D eigenvalue weighted by atomic mass is 10.1. The molecular weight excluding hydrogens is 409 g/mol. The van der Waals surface area contributed by atoms with Crippen molar-refractivity contribution in [2.75, 3.05) is 36.0 Å². The van der Waals surface area contributed by atoms with E-state index in [1.54, 1.807) is 26.0 Å². The van der Waals surface area contributed by atoms with Crippen molar-refractivity contribution < 1.29 is 13.9 Å². The maximum absolute atomic E-state index is 13.3. The standard InChI is InChI=1S/C24H24FN5O2/c1-16(2)32-24(31)19(15-26)22-23(28-21-6-4-3-5-20(21)27-22)30-13-11-29(12-14-30)18-9-7-17(25)8-10-18/h3-10,16,19H,11-14H2,1-2H3. The van der Waals surface area contributed by atoms with Crippen LogP contribution in [0.5, 0.6) is 0 Å². The Bertz CT molecular complexity index is 1150. The number of hydrogen-bond acceptors (Lipinski definition) is 7. The average molecular weight is 433 g/mol. The summed E-state index contributed by atoms with van der Waals surface area (Å²) < 4.78 is 18.6. The number of anilines is 2. The minimum Gasteiger partial charge on any atom is -0.462 e. The van der Waals surface area contributed by atoms with Crippen LogP contribution in [0.15, 0.2) is 48.5 Å². The van der Waals surface area contributed by atoms with Crippen LogP contribution in [-0.2, 0) is 9.53 Å². The van der Waals surface area contributed by atoms with E-state index in [0.717, 1.165) is 5.69 Å². The number of esters is 1. The van der Waals surface area contributed by atoms with Crippen molar-refractivity contribution in [3.8, 4) is 6.07 Å². The molecule has 0 saturated carbocycles. The Morgan fingerprint density at radius 2 is 1.59 bits per heavy atom. The van der Waals surface area contributed by atoms with Gasteiger partial charge in [-0.05, 0) is 50.2 Å². The van der Waals surface area contributed by atoms with E-state index in [0.29, 0.717) is 48.7 Å². The van der Waals surface area contributed by atoms with Gasteiger partial charge in [0.2, 0.25) is 0 Å². The van der Waals surface area contributed by atoms with E-state index >= 15 is 0 Å². The van der Waals surface area contributed by atoms with Crippen LogP contribution in [0.2, 0.25) is 0 Å². The lowest BCUT2D eigenvalue weighted by molar-refractivity contribution is -0.147. The number of fused-ring (bicyclic) bond motifs is 1. The molecule has 0 amide bonds. The van der Waals surface area contributed by atoms with Gasteiger partial charge < -0.3 is 14.5 Å². The fourth-order valence-corrected chi connectivity index (χ4v) is 3.78. The first-order valence-electron chi connectivity index (χ1n) is 10.6. The second-order valence-electron chi connectivity index (χ2n) is 7.92. The maximum atomic E-state index is 13.3. The molecule has 1 aliphatic rings. The summed E-state index contributed by atoms with van der Waals surface area (Å²) in [6.45, 7) is 6.10. The third-order valence-corrected chi connectivity index (χ3v) is 5.34. The normalized spacial score (nSPS) is 15.0. The van der Waals surface area contributed by atoms with Gasteiger partial charge in [-0.15, -0.1) is 0 Å². The van der Waals surface area contributed by atoms with Crippen LogP contribution in [0.1, 0.15) is 25.5 Å². The molecule has 1 fully saturated rings. The van der Waals surface area contributed by atoms with Crippen LogP contribution in [0.3, 0.4) is 0 Å². The summed E-state index contributed by atoms with van der Waals surface area (Å²) in [5, 5.41) is 9.79. The van der Waals surface area contributed by atoms with Crippen LogP contribution < -0.4 is 9.80 Å². The number of aromatic nitrogens is 2. The van der Waals surface area contributed by atoms with E-state index in [-0.39, 0.29) is 11.9 Å². The topological polar surface area (TPSA) is 82.3 Å². The van der Waals surface area contributed by atoms with Gasteiger partial charge in [-0.3, -0.25) is 4.79 Å². The molecule has 2 aromatic carbocycles. The monoisotopic (exact) mass is 433 g/mol. The maximum Gasteiger partial charge on any atom is 0.329 e. The summed E-state index contributed by atoms with van der Waals surface area (Å²) in [7, 11) is 0. The highest BCUT2D eigenvalue weighted by Gasteiger charge is 2.31. The Labute approximate surface area is 186 Å². The summed E-state index contributed by atoms with van der Waals surface area (Å²) in [6, 6.07) is 15.9. The van der Waals surface area contributed by atoms with Crippen LogP contribution >= 0.6 is 0 Å². The molecule has 32 heavy (non-hydrogen) atoms. The number of carbonyl (C=O) groups is 1. The fraction of sp³-hybridized carbons (Fsp3) is 0.333. The van der Waals surface area contributed by atoms with Crippen LogP contribution in [0.4, 0.5) is 15.9 Å². The van der Waals surface area contributed by atoms with E-state index in [1.807, 2.05) is 29.2 Å². The van der Waals surface area contributed by atoms with E-state index in [9.17, 15) is 14.4 Å². The summed E-state index contributed by atoms with van der Waals surface area (Å²) in [5.41, 5.74) is 2.58. The summed E-state index contributed by atoms with van der Waals surface area (Å²) in [5.74, 6) is -1.54. The van der Waals surface area contributed by atoms with Gasteiger partial charge in [0, 0.05) is 31.9 Å². The fourth-order valence-electron chi connectivity index (χ4n) is 3.78. The second kappa shape index (κ2) is 9.18. The van der Waals surface area contributed by atoms with E-state index in [2.05, 4.69) is 16.0 Å². The number of piperazine rings is 1. The first-order chi connectivity index (χ1) is 15.5. The Morgan fingerprint density at radius 1 is 1.00 bits per heavy atom. The zero-order valence-corrected chi connectivity index (χ0v) is 18.0. The predicted molar refractivity (Wildman–Crippen MR) is 120 cm³/mol. The molecule has 1 aliphatic heterocycles. The second-order valence-corrected chi connectivity index (χ2v) is 7.92. The SMILES string of the molecule is CC(C)OC(=O)C(C#N)c1nc2ccccc2nc1N1CCN(c2ccc(F)cc2)CC1. The van der Waals surface area contributed by atoms with Crippen LogP contribution in [0, 0.1) is 17.1 Å². The van der Waals surface area contributed by atoms with Crippen LogP contribution in [0.25, 0.3) is 11.0 Å². The van der Waals surface area contributed by atoms with Gasteiger partial charge in [-0.2, -0.15) is 5.26 Å². The highest BCUT2D eigenvalue weighted by molar-refractivity contribution is 5.85. The smallest absolute Gasteiger partial charge is 0.329 e. The molecule has 0 aliphatic carbocycles. The molecule has 1 unspecified atom stereocenters. The number of ether oxygens (including phenoxy) is 1. The van der Waals surface area contributed by atoms with Crippen molar-refractivity contribution in [2.45, 2.75) is 25.9 Å². The first-order valence-corrected chi connectivity index (χ1v) is 10.6. The highest BCUT2D eigenvalue weighted by atomic mass is 19.1. The molecule has 1 aromatic heterocycles. The molecule has 0 radical (unpaired) electrons. The van der Waals surface area contributed by atoms with Crippen molar-refractivity contribution in [3.63, 3.8) is 0 Å². The van der Waals surface area contributed by atoms with Crippen LogP contribution in [-0.4, -0.2) is 48.2 Å². The molecule has 0 bridgehead atoms. The number of benzene rings is 2.